The molecule has 0 aliphatic rings. The molecule has 2 rings (SSSR count). The minimum absolute atomic E-state index is 0.400. The molecule has 0 saturated carbocycles. The fraction of sp³-hybridized carbons (Fsp3) is 0.333. The van der Waals surface area contributed by atoms with Gasteiger partial charge in [0, 0.05) is 9.77 Å². The molecule has 0 bridgehead atoms. The van der Waals surface area contributed by atoms with Crippen LogP contribution in [0.5, 0.6) is 0 Å². The van der Waals surface area contributed by atoms with E-state index in [9.17, 15) is 13.2 Å². The smallest absolute Gasteiger partial charge is 0.220 e. The number of nitrogens with zero attached hydrogens (tertiary/aromatic N) is 3. The van der Waals surface area contributed by atoms with Gasteiger partial charge in [0.15, 0.2) is 0 Å². The van der Waals surface area contributed by atoms with Crippen LogP contribution in [0.2, 0.25) is 19.6 Å². The van der Waals surface area contributed by atoms with Crippen molar-refractivity contribution in [2.75, 3.05) is 0 Å². The number of rotatable bonds is 2. The summed E-state index contributed by atoms with van der Waals surface area (Å²) in [6, 6.07) is 3.61. The van der Waals surface area contributed by atoms with Gasteiger partial charge in [-0.05, 0) is 40.8 Å². The van der Waals surface area contributed by atoms with Gasteiger partial charge in [0.1, 0.15) is 8.07 Å². The van der Waals surface area contributed by atoms with E-state index >= 15 is 0 Å². The summed E-state index contributed by atoms with van der Waals surface area (Å²) in [6.07, 6.45) is -2.63. The lowest BCUT2D eigenvalue weighted by Crippen LogP contribution is -2.38. The van der Waals surface area contributed by atoms with Crippen molar-refractivity contribution in [2.45, 2.75) is 25.8 Å². The van der Waals surface area contributed by atoms with E-state index in [4.69, 9.17) is 0 Å². The van der Waals surface area contributed by atoms with Crippen molar-refractivity contribution in [3.63, 3.8) is 0 Å². The molecule has 0 aliphatic carbocycles. The molecule has 8 heteroatoms. The molecule has 2 aromatic rings. The number of halogens is 4. The molecule has 0 unspecified atom stereocenters. The summed E-state index contributed by atoms with van der Waals surface area (Å²) in [5, 5.41) is 8.92. The maximum atomic E-state index is 12.8. The number of hydrogen-bond donors (Lipinski definition) is 0. The first-order valence-electron chi connectivity index (χ1n) is 5.89. The van der Waals surface area contributed by atoms with Crippen molar-refractivity contribution in [2.24, 2.45) is 0 Å². The molecular weight excluding hydrogens is 398 g/mol. The highest BCUT2D eigenvalue weighted by Gasteiger charge is 2.31. The van der Waals surface area contributed by atoms with Crippen molar-refractivity contribution in [1.82, 2.24) is 15.0 Å². The fourth-order valence-electron chi connectivity index (χ4n) is 1.59. The van der Waals surface area contributed by atoms with Crippen LogP contribution in [0.15, 0.2) is 24.4 Å². The number of aromatic nitrogens is 3. The van der Waals surface area contributed by atoms with Crippen molar-refractivity contribution < 1.29 is 13.2 Å². The van der Waals surface area contributed by atoms with Crippen molar-refractivity contribution in [1.29, 1.82) is 0 Å². The van der Waals surface area contributed by atoms with Crippen molar-refractivity contribution in [3.05, 3.63) is 33.5 Å². The van der Waals surface area contributed by atoms with E-state index < -0.39 is 19.8 Å². The van der Waals surface area contributed by atoms with Crippen LogP contribution >= 0.6 is 22.6 Å². The number of benzene rings is 1. The lowest BCUT2D eigenvalue weighted by molar-refractivity contribution is -0.137. The highest BCUT2D eigenvalue weighted by molar-refractivity contribution is 14.1. The van der Waals surface area contributed by atoms with Gasteiger partial charge < -0.3 is 0 Å². The van der Waals surface area contributed by atoms with Crippen LogP contribution in [0.1, 0.15) is 5.56 Å². The molecule has 1 heterocycles. The largest absolute Gasteiger partial charge is 0.416 e. The summed E-state index contributed by atoms with van der Waals surface area (Å²) in [4.78, 5) is 0. The van der Waals surface area contributed by atoms with Crippen molar-refractivity contribution >= 4 is 36.0 Å². The normalized spacial score (nSPS) is 12.8. The topological polar surface area (TPSA) is 30.7 Å². The Kier molecular flexibility index (Phi) is 3.98. The molecule has 3 nitrogen and oxygen atoms in total. The first-order chi connectivity index (χ1) is 9.09. The molecule has 0 saturated heterocycles. The Morgan fingerprint density at radius 3 is 2.35 bits per heavy atom. The van der Waals surface area contributed by atoms with E-state index in [-0.39, 0.29) is 0 Å². The first kappa shape index (κ1) is 15.5. The van der Waals surface area contributed by atoms with Gasteiger partial charge in [-0.25, -0.2) is 4.68 Å². The molecule has 0 spiro atoms. The van der Waals surface area contributed by atoms with Crippen LogP contribution in [0.25, 0.3) is 5.69 Å². The van der Waals surface area contributed by atoms with Crippen LogP contribution < -0.4 is 5.32 Å². The Hall–Kier alpha value is -0.903. The lowest BCUT2D eigenvalue weighted by Gasteiger charge is -2.11. The van der Waals surface area contributed by atoms with Gasteiger partial charge in [-0.15, -0.1) is 5.10 Å². The zero-order valence-corrected chi connectivity index (χ0v) is 14.3. The summed E-state index contributed by atoms with van der Waals surface area (Å²) < 4.78 is 40.4. The highest BCUT2D eigenvalue weighted by atomic mass is 127. The van der Waals surface area contributed by atoms with Gasteiger partial charge in [0.25, 0.3) is 0 Å². The van der Waals surface area contributed by atoms with E-state index in [1.54, 1.807) is 6.20 Å². The second-order valence-corrected chi connectivity index (χ2v) is 11.6. The molecule has 0 radical (unpaired) electrons. The van der Waals surface area contributed by atoms with Crippen LogP contribution in [-0.4, -0.2) is 23.1 Å². The third-order valence-corrected chi connectivity index (χ3v) is 5.46. The zero-order chi connectivity index (χ0) is 15.1. The second kappa shape index (κ2) is 5.13. The van der Waals surface area contributed by atoms with Crippen LogP contribution in [-0.2, 0) is 6.18 Å². The highest BCUT2D eigenvalue weighted by Crippen LogP contribution is 2.31. The van der Waals surface area contributed by atoms with Crippen LogP contribution in [0.3, 0.4) is 0 Å². The quantitative estimate of drug-likeness (QED) is 0.560. The average molecular weight is 411 g/mol. The predicted octanol–water partition coefficient (Wildman–Crippen LogP) is 3.44. The number of alkyl halides is 3. The van der Waals surface area contributed by atoms with Crippen molar-refractivity contribution in [3.8, 4) is 5.69 Å². The predicted molar refractivity (Wildman–Crippen MR) is 82.1 cm³/mol. The average Bonchev–Trinajstić information content (AvgIpc) is 2.76. The third kappa shape index (κ3) is 3.22. The third-order valence-electron chi connectivity index (χ3n) is 2.78. The van der Waals surface area contributed by atoms with Gasteiger partial charge in [-0.2, -0.15) is 13.2 Å². The van der Waals surface area contributed by atoms with Crippen LogP contribution in [0, 0.1) is 3.57 Å². The molecule has 0 amide bonds. The summed E-state index contributed by atoms with van der Waals surface area (Å²) in [6.45, 7) is 6.33. The summed E-state index contributed by atoms with van der Waals surface area (Å²) in [5.41, 5.74) is -0.282. The second-order valence-electron chi connectivity index (χ2n) is 5.46. The van der Waals surface area contributed by atoms with Gasteiger partial charge in [-0.1, -0.05) is 24.9 Å². The van der Waals surface area contributed by atoms with Gasteiger partial charge >= 0.3 is 6.18 Å². The Balaban J connectivity index is 2.50. The minimum Gasteiger partial charge on any atom is -0.220 e. The van der Waals surface area contributed by atoms with Gasteiger partial charge in [0.2, 0.25) is 0 Å². The first-order valence-corrected chi connectivity index (χ1v) is 10.5. The molecule has 0 atom stereocenters. The monoisotopic (exact) mass is 411 g/mol. The van der Waals surface area contributed by atoms with E-state index in [0.717, 1.165) is 17.4 Å². The van der Waals surface area contributed by atoms with Gasteiger partial charge in [0.05, 0.1) is 16.6 Å². The van der Waals surface area contributed by atoms with Crippen LogP contribution in [0.4, 0.5) is 13.2 Å². The SMILES string of the molecule is C[Si](C)(C)c1cn(-c2cc(C(F)(F)F)ccc2I)nn1. The molecular formula is C12H13F3IN3Si. The Bertz CT molecular complexity index is 632. The van der Waals surface area contributed by atoms with Gasteiger partial charge in [-0.3, -0.25) is 0 Å². The van der Waals surface area contributed by atoms with E-state index in [2.05, 4.69) is 30.0 Å². The minimum atomic E-state index is -4.36. The molecule has 0 fully saturated rings. The molecule has 1 aromatic carbocycles. The Labute approximate surface area is 129 Å². The molecule has 108 valence electrons. The van der Waals surface area contributed by atoms with E-state index in [1.807, 2.05) is 22.6 Å². The summed E-state index contributed by atoms with van der Waals surface area (Å²) >= 11 is 1.99. The number of hydrogen-bond acceptors (Lipinski definition) is 2. The lowest BCUT2D eigenvalue weighted by atomic mass is 10.2. The Morgan fingerprint density at radius 2 is 1.85 bits per heavy atom. The maximum Gasteiger partial charge on any atom is 0.416 e. The Morgan fingerprint density at radius 1 is 1.20 bits per heavy atom. The summed E-state index contributed by atoms with van der Waals surface area (Å²) in [7, 11) is -1.63. The molecule has 1 aromatic heterocycles. The standard InChI is InChI=1S/C12H13F3IN3Si/c1-20(2,3)11-7-19(18-17-11)10-6-8(12(13,14)15)4-5-9(10)16/h4-7H,1-3H3. The molecule has 0 aliphatic heterocycles. The van der Waals surface area contributed by atoms with E-state index in [0.29, 0.717) is 9.26 Å². The maximum absolute atomic E-state index is 12.8. The fourth-order valence-corrected chi connectivity index (χ4v) is 3.03. The molecule has 20 heavy (non-hydrogen) atoms. The van der Waals surface area contributed by atoms with E-state index in [1.165, 1.54) is 10.7 Å². The zero-order valence-electron chi connectivity index (χ0n) is 11.2. The molecule has 0 N–H and O–H groups in total. The summed E-state index contributed by atoms with van der Waals surface area (Å²) in [5.74, 6) is 0.